The molecule has 3 aliphatic rings. The van der Waals surface area contributed by atoms with Gasteiger partial charge in [0.1, 0.15) is 17.4 Å². The van der Waals surface area contributed by atoms with Crippen LogP contribution in [-0.2, 0) is 20.7 Å². The molecule has 42 heavy (non-hydrogen) atoms. The molecule has 2 aromatic rings. The number of halogens is 3. The Kier molecular flexibility index (Phi) is 9.67. The summed E-state index contributed by atoms with van der Waals surface area (Å²) >= 11 is 6.06. The van der Waals surface area contributed by atoms with Crippen molar-refractivity contribution in [3.8, 4) is 0 Å². The van der Waals surface area contributed by atoms with Gasteiger partial charge in [-0.25, -0.2) is 8.78 Å². The first-order valence-electron chi connectivity index (χ1n) is 15.1. The summed E-state index contributed by atoms with van der Waals surface area (Å²) in [6, 6.07) is 7.82. The van der Waals surface area contributed by atoms with Crippen LogP contribution in [0.1, 0.15) is 54.9 Å². The van der Waals surface area contributed by atoms with Gasteiger partial charge in [0, 0.05) is 69.0 Å². The van der Waals surface area contributed by atoms with Crippen molar-refractivity contribution in [2.45, 2.75) is 71.0 Å². The average Bonchev–Trinajstić information content (AvgIpc) is 3.39. The minimum atomic E-state index is -0.465. The second-order valence-electron chi connectivity index (χ2n) is 12.4. The van der Waals surface area contributed by atoms with Crippen molar-refractivity contribution in [1.29, 1.82) is 0 Å². The van der Waals surface area contributed by atoms with Gasteiger partial charge in [0.15, 0.2) is 0 Å². The van der Waals surface area contributed by atoms with E-state index in [4.69, 9.17) is 16.3 Å². The molecule has 5 rings (SSSR count). The van der Waals surface area contributed by atoms with Crippen LogP contribution in [0, 0.1) is 31.4 Å². The second kappa shape index (κ2) is 13.1. The number of nitrogens with zero attached hydrogens (tertiary/aromatic N) is 3. The molecule has 1 amide bonds. The number of hydrogen-bond acceptors (Lipinski definition) is 5. The summed E-state index contributed by atoms with van der Waals surface area (Å²) in [7, 11) is 0. The van der Waals surface area contributed by atoms with Gasteiger partial charge in [-0.15, -0.1) is 0 Å². The Morgan fingerprint density at radius 1 is 1.00 bits per heavy atom. The van der Waals surface area contributed by atoms with E-state index in [1.54, 1.807) is 19.1 Å². The van der Waals surface area contributed by atoms with Crippen LogP contribution in [-0.4, -0.2) is 90.5 Å². The number of aryl methyl sites for hydroxylation is 2. The van der Waals surface area contributed by atoms with Gasteiger partial charge in [-0.3, -0.25) is 19.4 Å². The number of carbonyl (C=O) groups is 2. The zero-order valence-corrected chi connectivity index (χ0v) is 25.8. The fourth-order valence-corrected chi connectivity index (χ4v) is 7.25. The minimum absolute atomic E-state index is 0.0132. The van der Waals surface area contributed by atoms with Crippen LogP contribution in [0.3, 0.4) is 0 Å². The topological polar surface area (TPSA) is 53.1 Å². The van der Waals surface area contributed by atoms with E-state index in [9.17, 15) is 14.0 Å². The Bertz CT molecular complexity index is 1320. The van der Waals surface area contributed by atoms with E-state index in [0.717, 1.165) is 24.0 Å². The van der Waals surface area contributed by atoms with Crippen LogP contribution in [0.2, 0.25) is 5.02 Å². The first-order valence-corrected chi connectivity index (χ1v) is 15.5. The Morgan fingerprint density at radius 2 is 1.71 bits per heavy atom. The maximum Gasteiger partial charge on any atom is 0.227 e. The Balaban J connectivity index is 1.32. The Labute approximate surface area is 252 Å². The van der Waals surface area contributed by atoms with Crippen LogP contribution in [0.15, 0.2) is 30.3 Å². The van der Waals surface area contributed by atoms with Gasteiger partial charge >= 0.3 is 0 Å². The smallest absolute Gasteiger partial charge is 0.227 e. The Morgan fingerprint density at radius 3 is 2.38 bits per heavy atom. The summed E-state index contributed by atoms with van der Waals surface area (Å²) < 4.78 is 35.6. The molecule has 2 aromatic carbocycles. The maximum atomic E-state index is 15.2. The highest BCUT2D eigenvalue weighted by atomic mass is 35.5. The number of Topliss-reactive ketones (excluding diaryl/α,β-unsaturated/α-hetero) is 1. The van der Waals surface area contributed by atoms with Gasteiger partial charge in [0.25, 0.3) is 0 Å². The first kappa shape index (κ1) is 31.0. The number of ketones is 1. The molecule has 9 heteroatoms. The lowest BCUT2D eigenvalue weighted by Gasteiger charge is -2.44. The standard InChI is InChI=1S/C33H42ClF2N3O3/c1-20-13-24(30(35)14-21(20)2)15-32(23(4)40)37-9-10-39(22(3)17-37)33(41)29-19-38(26-7-11-42-12-8-26)18-28(29)27-6-5-25(34)16-31(27)36/h5-6,13-14,16,22,26,28-29,32H,7-12,15,17-19H2,1-4H3/t22-,28-,29+,32-/m0/s1. The number of piperazine rings is 1. The predicted molar refractivity (Wildman–Crippen MR) is 160 cm³/mol. The summed E-state index contributed by atoms with van der Waals surface area (Å²) in [5.41, 5.74) is 2.95. The number of ether oxygens (including phenoxy) is 1. The fraction of sp³-hybridized carbons (Fsp3) is 0.576. The number of benzene rings is 2. The van der Waals surface area contributed by atoms with E-state index in [1.807, 2.05) is 31.7 Å². The number of carbonyl (C=O) groups excluding carboxylic acids is 2. The zero-order chi connectivity index (χ0) is 30.1. The number of likely N-dealkylation sites (tertiary alicyclic amines) is 1. The largest absolute Gasteiger partial charge is 0.381 e. The van der Waals surface area contributed by atoms with Gasteiger partial charge in [-0.05, 0) is 87.4 Å². The molecule has 228 valence electrons. The molecule has 3 aliphatic heterocycles. The molecule has 0 aliphatic carbocycles. The molecule has 3 saturated heterocycles. The molecule has 0 N–H and O–H groups in total. The third kappa shape index (κ3) is 6.57. The Hall–Kier alpha value is -2.39. The van der Waals surface area contributed by atoms with E-state index in [0.29, 0.717) is 74.5 Å². The van der Waals surface area contributed by atoms with E-state index in [-0.39, 0.29) is 41.2 Å². The summed E-state index contributed by atoms with van der Waals surface area (Å²) in [5, 5.41) is 0.337. The molecule has 0 aromatic heterocycles. The highest BCUT2D eigenvalue weighted by molar-refractivity contribution is 6.30. The molecule has 0 saturated carbocycles. The molecule has 0 radical (unpaired) electrons. The normalized spacial score (nSPS) is 25.1. The molecule has 4 atom stereocenters. The van der Waals surface area contributed by atoms with Crippen LogP contribution >= 0.6 is 11.6 Å². The maximum absolute atomic E-state index is 15.2. The third-order valence-corrected chi connectivity index (χ3v) is 9.90. The summed E-state index contributed by atoms with van der Waals surface area (Å²) in [6.07, 6.45) is 2.10. The van der Waals surface area contributed by atoms with E-state index < -0.39 is 6.04 Å². The summed E-state index contributed by atoms with van der Waals surface area (Å²) in [5.74, 6) is -1.32. The van der Waals surface area contributed by atoms with Gasteiger partial charge < -0.3 is 9.64 Å². The zero-order valence-electron chi connectivity index (χ0n) is 25.0. The van der Waals surface area contributed by atoms with Crippen LogP contribution in [0.5, 0.6) is 0 Å². The van der Waals surface area contributed by atoms with Gasteiger partial charge in [-0.1, -0.05) is 23.7 Å². The monoisotopic (exact) mass is 601 g/mol. The van der Waals surface area contributed by atoms with Crippen LogP contribution in [0.4, 0.5) is 8.78 Å². The van der Waals surface area contributed by atoms with Gasteiger partial charge in [-0.2, -0.15) is 0 Å². The van der Waals surface area contributed by atoms with Gasteiger partial charge in [0.2, 0.25) is 5.91 Å². The van der Waals surface area contributed by atoms with Crippen molar-refractivity contribution in [3.05, 3.63) is 69.2 Å². The minimum Gasteiger partial charge on any atom is -0.381 e. The van der Waals surface area contributed by atoms with Crippen molar-refractivity contribution in [1.82, 2.24) is 14.7 Å². The lowest BCUT2D eigenvalue weighted by molar-refractivity contribution is -0.141. The van der Waals surface area contributed by atoms with Crippen LogP contribution in [0.25, 0.3) is 0 Å². The molecule has 0 unspecified atom stereocenters. The second-order valence-corrected chi connectivity index (χ2v) is 12.8. The molecular weight excluding hydrogens is 560 g/mol. The molecular formula is C33H42ClF2N3O3. The summed E-state index contributed by atoms with van der Waals surface area (Å²) in [4.78, 5) is 33.3. The number of amides is 1. The van der Waals surface area contributed by atoms with E-state index >= 15 is 4.39 Å². The SMILES string of the molecule is CC(=O)[C@H](Cc1cc(C)c(C)cc1F)N1CCN(C(=O)[C@@H]2CN(C3CCOCC3)C[C@H]2c2ccc(Cl)cc2F)[C@@H](C)C1. The van der Waals surface area contributed by atoms with Crippen molar-refractivity contribution in [3.63, 3.8) is 0 Å². The van der Waals surface area contributed by atoms with Crippen molar-refractivity contribution in [2.75, 3.05) is 45.9 Å². The number of hydrogen-bond donors (Lipinski definition) is 0. The third-order valence-electron chi connectivity index (χ3n) is 9.66. The first-order chi connectivity index (χ1) is 20.0. The molecule has 3 fully saturated rings. The highest BCUT2D eigenvalue weighted by Gasteiger charge is 2.45. The highest BCUT2D eigenvalue weighted by Crippen LogP contribution is 2.39. The lowest BCUT2D eigenvalue weighted by atomic mass is 9.87. The molecule has 3 heterocycles. The predicted octanol–water partition coefficient (Wildman–Crippen LogP) is 5.16. The number of rotatable bonds is 7. The average molecular weight is 602 g/mol. The molecule has 0 bridgehead atoms. The van der Waals surface area contributed by atoms with Crippen LogP contribution < -0.4 is 0 Å². The van der Waals surface area contributed by atoms with E-state index in [2.05, 4.69) is 9.80 Å². The summed E-state index contributed by atoms with van der Waals surface area (Å²) in [6.45, 7) is 11.5. The van der Waals surface area contributed by atoms with Crippen molar-refractivity contribution < 1.29 is 23.1 Å². The van der Waals surface area contributed by atoms with Crippen molar-refractivity contribution in [2.24, 2.45) is 5.92 Å². The molecule has 6 nitrogen and oxygen atoms in total. The molecule has 0 spiro atoms. The fourth-order valence-electron chi connectivity index (χ4n) is 7.09. The van der Waals surface area contributed by atoms with Gasteiger partial charge in [0.05, 0.1) is 12.0 Å². The lowest BCUT2D eigenvalue weighted by Crippen LogP contribution is -2.59. The quantitative estimate of drug-likeness (QED) is 0.439. The van der Waals surface area contributed by atoms with Crippen molar-refractivity contribution >= 4 is 23.3 Å². The van der Waals surface area contributed by atoms with E-state index in [1.165, 1.54) is 12.1 Å².